The molecule has 170 valence electrons. The third-order valence-corrected chi connectivity index (χ3v) is 5.22. The van der Waals surface area contributed by atoms with Gasteiger partial charge in [0.1, 0.15) is 6.61 Å². The summed E-state index contributed by atoms with van der Waals surface area (Å²) in [6, 6.07) is 2.85. The Morgan fingerprint density at radius 3 is 2.71 bits per heavy atom. The molecule has 1 aromatic carbocycles. The molecular formula is C20H26F2N4O5. The van der Waals surface area contributed by atoms with Crippen LogP contribution in [0.2, 0.25) is 0 Å². The summed E-state index contributed by atoms with van der Waals surface area (Å²) in [5.41, 5.74) is 5.75. The van der Waals surface area contributed by atoms with Crippen LogP contribution in [0.15, 0.2) is 18.2 Å². The molecule has 9 nitrogen and oxygen atoms in total. The quantitative estimate of drug-likeness (QED) is 0.528. The van der Waals surface area contributed by atoms with Crippen molar-refractivity contribution < 1.29 is 32.6 Å². The lowest BCUT2D eigenvalue weighted by atomic mass is 10.1. The van der Waals surface area contributed by atoms with E-state index in [0.717, 1.165) is 12.8 Å². The molecule has 0 aromatic heterocycles. The number of nitrogens with two attached hydrogens (primary N) is 1. The number of likely N-dealkylation sites (N-methyl/N-ethyl adjacent to an activating group) is 1. The van der Waals surface area contributed by atoms with Crippen molar-refractivity contribution in [1.29, 1.82) is 0 Å². The van der Waals surface area contributed by atoms with E-state index in [1.807, 2.05) is 6.92 Å². The Morgan fingerprint density at radius 2 is 2.13 bits per heavy atom. The Bertz CT molecular complexity index is 834. The Hall–Kier alpha value is -2.79. The molecule has 3 amide bonds. The van der Waals surface area contributed by atoms with Gasteiger partial charge in [-0.25, -0.2) is 0 Å². The number of halogens is 2. The van der Waals surface area contributed by atoms with E-state index in [9.17, 15) is 23.2 Å². The maximum atomic E-state index is 13.0. The van der Waals surface area contributed by atoms with Gasteiger partial charge in [-0.2, -0.15) is 8.78 Å². The first kappa shape index (κ1) is 22.9. The highest BCUT2D eigenvalue weighted by molar-refractivity contribution is 6.10. The van der Waals surface area contributed by atoms with Gasteiger partial charge in [0, 0.05) is 24.8 Å². The zero-order valence-corrected chi connectivity index (χ0v) is 17.2. The zero-order valence-electron chi connectivity index (χ0n) is 17.2. The topological polar surface area (TPSA) is 114 Å². The van der Waals surface area contributed by atoms with E-state index in [-0.39, 0.29) is 30.5 Å². The van der Waals surface area contributed by atoms with Gasteiger partial charge >= 0.3 is 6.61 Å². The lowest BCUT2D eigenvalue weighted by molar-refractivity contribution is -0.132. The van der Waals surface area contributed by atoms with Crippen LogP contribution in [0.5, 0.6) is 5.75 Å². The molecule has 0 radical (unpaired) electrons. The van der Waals surface area contributed by atoms with Crippen molar-refractivity contribution >= 4 is 29.1 Å². The Balaban J connectivity index is 1.82. The molecule has 1 aromatic rings. The molecule has 1 saturated heterocycles. The number of benzene rings is 1. The van der Waals surface area contributed by atoms with Crippen LogP contribution in [-0.4, -0.2) is 68.1 Å². The number of ether oxygens (including phenoxy) is 2. The first-order valence-corrected chi connectivity index (χ1v) is 10.1. The van der Waals surface area contributed by atoms with Crippen LogP contribution < -0.4 is 20.7 Å². The summed E-state index contributed by atoms with van der Waals surface area (Å²) in [5.74, 6) is -1.79. The van der Waals surface area contributed by atoms with Crippen molar-refractivity contribution in [3.8, 4) is 5.75 Å². The highest BCUT2D eigenvalue weighted by Crippen LogP contribution is 2.33. The number of carbonyl (C=O) groups excluding carboxylic acids is 3. The molecule has 2 aliphatic rings. The van der Waals surface area contributed by atoms with Crippen LogP contribution >= 0.6 is 0 Å². The van der Waals surface area contributed by atoms with Crippen LogP contribution in [-0.2, 0) is 19.1 Å². The van der Waals surface area contributed by atoms with Crippen molar-refractivity contribution in [2.75, 3.05) is 43.1 Å². The van der Waals surface area contributed by atoms with E-state index in [4.69, 9.17) is 10.5 Å². The minimum atomic E-state index is -3.15. The predicted molar refractivity (Wildman–Crippen MR) is 108 cm³/mol. The number of hydrogen-bond donors (Lipinski definition) is 2. The summed E-state index contributed by atoms with van der Waals surface area (Å²) < 4.78 is 35.6. The van der Waals surface area contributed by atoms with Crippen molar-refractivity contribution in [3.63, 3.8) is 0 Å². The zero-order chi connectivity index (χ0) is 22.5. The van der Waals surface area contributed by atoms with Gasteiger partial charge < -0.3 is 25.4 Å². The number of primary amides is 1. The number of nitrogens with one attached hydrogen (secondary N) is 1. The van der Waals surface area contributed by atoms with Crippen LogP contribution in [0.25, 0.3) is 0 Å². The fourth-order valence-corrected chi connectivity index (χ4v) is 3.49. The van der Waals surface area contributed by atoms with Gasteiger partial charge in [-0.05, 0) is 37.4 Å². The smallest absolute Gasteiger partial charge is 0.387 e. The summed E-state index contributed by atoms with van der Waals surface area (Å²) in [4.78, 5) is 40.0. The van der Waals surface area contributed by atoms with Crippen molar-refractivity contribution in [2.45, 2.75) is 32.4 Å². The second-order valence-corrected chi connectivity index (χ2v) is 7.48. The number of anilines is 2. The lowest BCUT2D eigenvalue weighted by Crippen LogP contribution is -2.52. The summed E-state index contributed by atoms with van der Waals surface area (Å²) in [5, 5.41) is 2.48. The van der Waals surface area contributed by atoms with E-state index >= 15 is 0 Å². The molecule has 1 atom stereocenters. The molecule has 1 saturated carbocycles. The molecule has 3 rings (SSSR count). The average Bonchev–Trinajstić information content (AvgIpc) is 3.52. The van der Waals surface area contributed by atoms with Crippen LogP contribution in [0, 0.1) is 5.92 Å². The fraction of sp³-hybridized carbons (Fsp3) is 0.550. The third kappa shape index (κ3) is 5.88. The van der Waals surface area contributed by atoms with Gasteiger partial charge in [-0.15, -0.1) is 0 Å². The minimum Gasteiger partial charge on any atom is -0.433 e. The van der Waals surface area contributed by atoms with Gasteiger partial charge in [0.2, 0.25) is 5.91 Å². The SMILES string of the molecule is CCN(CC1CC1)[C@H](C(N)=O)C(=O)Nc1ccc(N2CCOCC2=O)cc1OC(F)F. The maximum absolute atomic E-state index is 13.0. The summed E-state index contributed by atoms with van der Waals surface area (Å²) in [7, 11) is 0. The van der Waals surface area contributed by atoms with Gasteiger partial charge in [0.15, 0.2) is 11.8 Å². The summed E-state index contributed by atoms with van der Waals surface area (Å²) in [6.45, 7) is 0.0907. The molecule has 0 spiro atoms. The molecule has 0 bridgehead atoms. The van der Waals surface area contributed by atoms with Crippen molar-refractivity contribution in [2.24, 2.45) is 11.7 Å². The van der Waals surface area contributed by atoms with E-state index in [1.54, 1.807) is 4.90 Å². The third-order valence-electron chi connectivity index (χ3n) is 5.22. The average molecular weight is 440 g/mol. The number of carbonyl (C=O) groups is 3. The van der Waals surface area contributed by atoms with E-state index in [0.29, 0.717) is 31.3 Å². The number of amides is 3. The highest BCUT2D eigenvalue weighted by atomic mass is 19.3. The molecule has 11 heteroatoms. The van der Waals surface area contributed by atoms with Crippen LogP contribution in [0.4, 0.5) is 20.2 Å². The number of morpholine rings is 1. The second-order valence-electron chi connectivity index (χ2n) is 7.48. The second kappa shape index (κ2) is 10.0. The largest absolute Gasteiger partial charge is 0.433 e. The molecule has 1 aliphatic heterocycles. The normalized spacial score (nSPS) is 17.7. The maximum Gasteiger partial charge on any atom is 0.387 e. The van der Waals surface area contributed by atoms with Gasteiger partial charge in [0.25, 0.3) is 11.8 Å². The molecule has 0 unspecified atom stereocenters. The standard InChI is InChI=1S/C20H26F2N4O5/c1-2-25(10-12-3-4-12)17(18(23)28)19(29)24-14-6-5-13(9-15(14)31-20(21)22)26-7-8-30-11-16(26)27/h5-6,9,12,17,20H,2-4,7-8,10-11H2,1H3,(H2,23,28)(H,24,29)/t17-/m1/s1. The molecule has 2 fully saturated rings. The first-order chi connectivity index (χ1) is 14.8. The van der Waals surface area contributed by atoms with Gasteiger partial charge in [-0.1, -0.05) is 6.92 Å². The van der Waals surface area contributed by atoms with Crippen molar-refractivity contribution in [3.05, 3.63) is 18.2 Å². The number of alkyl halides is 2. The van der Waals surface area contributed by atoms with Crippen LogP contribution in [0.3, 0.4) is 0 Å². The lowest BCUT2D eigenvalue weighted by Gasteiger charge is -2.29. The Kier molecular flexibility index (Phi) is 7.39. The Morgan fingerprint density at radius 1 is 1.39 bits per heavy atom. The molecular weight excluding hydrogens is 414 g/mol. The highest BCUT2D eigenvalue weighted by Gasteiger charge is 2.35. The first-order valence-electron chi connectivity index (χ1n) is 10.1. The summed E-state index contributed by atoms with van der Waals surface area (Å²) >= 11 is 0. The predicted octanol–water partition coefficient (Wildman–Crippen LogP) is 1.18. The number of hydrogen-bond acceptors (Lipinski definition) is 6. The number of rotatable bonds is 10. The van der Waals surface area contributed by atoms with E-state index < -0.39 is 24.5 Å². The Labute approximate surface area is 178 Å². The fourth-order valence-electron chi connectivity index (χ4n) is 3.49. The molecule has 1 heterocycles. The molecule has 31 heavy (non-hydrogen) atoms. The monoisotopic (exact) mass is 440 g/mol. The molecule has 1 aliphatic carbocycles. The summed E-state index contributed by atoms with van der Waals surface area (Å²) in [6.07, 6.45) is 2.05. The van der Waals surface area contributed by atoms with E-state index in [1.165, 1.54) is 23.1 Å². The van der Waals surface area contributed by atoms with Crippen molar-refractivity contribution in [1.82, 2.24) is 4.90 Å². The van der Waals surface area contributed by atoms with Gasteiger partial charge in [-0.3, -0.25) is 19.3 Å². The van der Waals surface area contributed by atoms with Crippen LogP contribution in [0.1, 0.15) is 19.8 Å². The van der Waals surface area contributed by atoms with E-state index in [2.05, 4.69) is 10.1 Å². The molecule has 3 N–H and O–H groups in total. The number of nitrogens with zero attached hydrogens (tertiary/aromatic N) is 2. The minimum absolute atomic E-state index is 0.0523. The van der Waals surface area contributed by atoms with Gasteiger partial charge in [0.05, 0.1) is 12.3 Å².